The van der Waals surface area contributed by atoms with Crippen molar-refractivity contribution in [1.29, 1.82) is 0 Å². The SMILES string of the molecule is CCCCC[C@H]1CC[C@H](OB(O)c2ccccc2)CC1. The molecule has 0 unspecified atom stereocenters. The smallest absolute Gasteiger partial charge is 0.423 e. The Balaban J connectivity index is 1.69. The zero-order valence-electron chi connectivity index (χ0n) is 12.6. The van der Waals surface area contributed by atoms with Crippen molar-refractivity contribution >= 4 is 12.6 Å². The lowest BCUT2D eigenvalue weighted by Gasteiger charge is -2.29. The van der Waals surface area contributed by atoms with Crippen molar-refractivity contribution in [3.63, 3.8) is 0 Å². The highest BCUT2D eigenvalue weighted by Gasteiger charge is 2.26. The Hall–Kier alpha value is -0.795. The molecule has 0 saturated heterocycles. The van der Waals surface area contributed by atoms with Gasteiger partial charge in [-0.15, -0.1) is 0 Å². The second-order valence-corrected chi connectivity index (χ2v) is 6.04. The van der Waals surface area contributed by atoms with E-state index in [9.17, 15) is 5.02 Å². The van der Waals surface area contributed by atoms with Crippen LogP contribution in [0.25, 0.3) is 0 Å². The number of unbranched alkanes of at least 4 members (excludes halogenated alkanes) is 2. The summed E-state index contributed by atoms with van der Waals surface area (Å²) in [5, 5.41) is 10.1. The first-order chi connectivity index (χ1) is 9.79. The van der Waals surface area contributed by atoms with E-state index in [-0.39, 0.29) is 6.10 Å². The second-order valence-electron chi connectivity index (χ2n) is 6.04. The summed E-state index contributed by atoms with van der Waals surface area (Å²) in [4.78, 5) is 0. The Morgan fingerprint density at radius 3 is 2.45 bits per heavy atom. The van der Waals surface area contributed by atoms with Crippen molar-refractivity contribution in [2.45, 2.75) is 64.4 Å². The largest absolute Gasteiger partial charge is 0.491 e. The van der Waals surface area contributed by atoms with Gasteiger partial charge in [-0.2, -0.15) is 0 Å². The van der Waals surface area contributed by atoms with Crippen molar-refractivity contribution in [1.82, 2.24) is 0 Å². The van der Waals surface area contributed by atoms with E-state index < -0.39 is 7.12 Å². The second kappa shape index (κ2) is 8.48. The zero-order chi connectivity index (χ0) is 14.2. The molecule has 2 rings (SSSR count). The van der Waals surface area contributed by atoms with Gasteiger partial charge in [0.25, 0.3) is 0 Å². The molecule has 0 spiro atoms. The maximum atomic E-state index is 10.1. The van der Waals surface area contributed by atoms with Gasteiger partial charge in [-0.05, 0) is 37.1 Å². The molecule has 0 heterocycles. The van der Waals surface area contributed by atoms with Gasteiger partial charge in [-0.25, -0.2) is 0 Å². The summed E-state index contributed by atoms with van der Waals surface area (Å²) >= 11 is 0. The minimum Gasteiger partial charge on any atom is -0.423 e. The molecule has 1 N–H and O–H groups in total. The molecule has 0 radical (unpaired) electrons. The van der Waals surface area contributed by atoms with Gasteiger partial charge in [0.15, 0.2) is 0 Å². The molecule has 1 aromatic rings. The van der Waals surface area contributed by atoms with E-state index in [1.54, 1.807) is 0 Å². The number of rotatable bonds is 7. The van der Waals surface area contributed by atoms with Crippen LogP contribution in [0.1, 0.15) is 58.3 Å². The van der Waals surface area contributed by atoms with Crippen LogP contribution in [-0.2, 0) is 4.65 Å². The van der Waals surface area contributed by atoms with Gasteiger partial charge in [0.05, 0.1) is 0 Å². The van der Waals surface area contributed by atoms with Crippen molar-refractivity contribution in [3.8, 4) is 0 Å². The third kappa shape index (κ3) is 4.95. The molecule has 0 atom stereocenters. The minimum atomic E-state index is -0.766. The van der Waals surface area contributed by atoms with E-state index in [2.05, 4.69) is 6.92 Å². The molecule has 0 aromatic heterocycles. The van der Waals surface area contributed by atoms with Crippen molar-refractivity contribution < 1.29 is 9.68 Å². The van der Waals surface area contributed by atoms with Crippen LogP contribution in [0.3, 0.4) is 0 Å². The van der Waals surface area contributed by atoms with Gasteiger partial charge < -0.3 is 9.68 Å². The summed E-state index contributed by atoms with van der Waals surface area (Å²) in [6.07, 6.45) is 10.4. The van der Waals surface area contributed by atoms with Gasteiger partial charge in [0.1, 0.15) is 0 Å². The van der Waals surface area contributed by atoms with Crippen LogP contribution < -0.4 is 5.46 Å². The average molecular weight is 274 g/mol. The Bertz CT molecular complexity index is 361. The molecule has 1 aliphatic rings. The maximum absolute atomic E-state index is 10.1. The van der Waals surface area contributed by atoms with Crippen LogP contribution in [0.2, 0.25) is 0 Å². The first kappa shape index (κ1) is 15.6. The molecule has 1 fully saturated rings. The maximum Gasteiger partial charge on any atom is 0.491 e. The van der Waals surface area contributed by atoms with Gasteiger partial charge in [0, 0.05) is 6.10 Å². The molecule has 3 heteroatoms. The van der Waals surface area contributed by atoms with E-state index >= 15 is 0 Å². The van der Waals surface area contributed by atoms with Crippen LogP contribution in [0, 0.1) is 5.92 Å². The predicted octanol–water partition coefficient (Wildman–Crippen LogP) is 3.53. The number of hydrogen-bond donors (Lipinski definition) is 1. The molecule has 0 bridgehead atoms. The molecule has 1 aromatic carbocycles. The third-order valence-electron chi connectivity index (χ3n) is 4.42. The van der Waals surface area contributed by atoms with Crippen LogP contribution >= 0.6 is 0 Å². The predicted molar refractivity (Wildman–Crippen MR) is 85.0 cm³/mol. The highest BCUT2D eigenvalue weighted by molar-refractivity contribution is 6.59. The van der Waals surface area contributed by atoms with Gasteiger partial charge in [-0.1, -0.05) is 62.9 Å². The summed E-state index contributed by atoms with van der Waals surface area (Å²) in [6, 6.07) is 9.67. The normalized spacial score (nSPS) is 22.7. The monoisotopic (exact) mass is 274 g/mol. The van der Waals surface area contributed by atoms with E-state index in [0.717, 1.165) is 24.2 Å². The average Bonchev–Trinajstić information content (AvgIpc) is 2.50. The van der Waals surface area contributed by atoms with E-state index in [0.29, 0.717) is 0 Å². The highest BCUT2D eigenvalue weighted by Crippen LogP contribution is 2.30. The van der Waals surface area contributed by atoms with Crippen LogP contribution in [-0.4, -0.2) is 18.2 Å². The van der Waals surface area contributed by atoms with Crippen LogP contribution in [0.5, 0.6) is 0 Å². The Kier molecular flexibility index (Phi) is 6.61. The summed E-state index contributed by atoms with van der Waals surface area (Å²) < 4.78 is 5.81. The standard InChI is InChI=1S/C17H27BO2/c1-2-3-5-8-15-11-13-17(14-12-15)20-18(19)16-9-6-4-7-10-16/h4,6-7,9-10,15,17,19H,2-3,5,8,11-14H2,1H3/t15-,17-. The summed E-state index contributed by atoms with van der Waals surface area (Å²) in [5.74, 6) is 0.885. The van der Waals surface area contributed by atoms with E-state index in [4.69, 9.17) is 4.65 Å². The first-order valence-electron chi connectivity index (χ1n) is 8.18. The fourth-order valence-electron chi connectivity index (χ4n) is 3.12. The van der Waals surface area contributed by atoms with Crippen LogP contribution in [0.4, 0.5) is 0 Å². The lowest BCUT2D eigenvalue weighted by atomic mass is 9.77. The Morgan fingerprint density at radius 1 is 1.10 bits per heavy atom. The highest BCUT2D eigenvalue weighted by atomic mass is 16.5. The Morgan fingerprint density at radius 2 is 1.80 bits per heavy atom. The third-order valence-corrected chi connectivity index (χ3v) is 4.42. The lowest BCUT2D eigenvalue weighted by molar-refractivity contribution is 0.110. The minimum absolute atomic E-state index is 0.229. The van der Waals surface area contributed by atoms with Crippen molar-refractivity contribution in [2.75, 3.05) is 0 Å². The summed E-state index contributed by atoms with van der Waals surface area (Å²) in [5.41, 5.74) is 0.859. The van der Waals surface area contributed by atoms with Gasteiger partial charge >= 0.3 is 7.12 Å². The molecule has 0 aliphatic heterocycles. The fraction of sp³-hybridized carbons (Fsp3) is 0.647. The van der Waals surface area contributed by atoms with Gasteiger partial charge in [0.2, 0.25) is 0 Å². The fourth-order valence-corrected chi connectivity index (χ4v) is 3.12. The molecule has 0 amide bonds. The first-order valence-corrected chi connectivity index (χ1v) is 8.18. The zero-order valence-corrected chi connectivity index (χ0v) is 12.6. The quantitative estimate of drug-likeness (QED) is 0.609. The van der Waals surface area contributed by atoms with E-state index in [1.165, 1.54) is 38.5 Å². The molecule has 110 valence electrons. The number of benzene rings is 1. The van der Waals surface area contributed by atoms with Gasteiger partial charge in [-0.3, -0.25) is 0 Å². The molecule has 1 saturated carbocycles. The topological polar surface area (TPSA) is 29.5 Å². The molecule has 20 heavy (non-hydrogen) atoms. The Labute approximate surface area is 123 Å². The van der Waals surface area contributed by atoms with Crippen molar-refractivity contribution in [3.05, 3.63) is 30.3 Å². The summed E-state index contributed by atoms with van der Waals surface area (Å²) in [7, 11) is -0.766. The summed E-state index contributed by atoms with van der Waals surface area (Å²) in [6.45, 7) is 2.26. The molecular formula is C17H27BO2. The molecular weight excluding hydrogens is 247 g/mol. The molecule has 2 nitrogen and oxygen atoms in total. The van der Waals surface area contributed by atoms with Crippen molar-refractivity contribution in [2.24, 2.45) is 5.92 Å². The molecule has 1 aliphatic carbocycles. The number of hydrogen-bond acceptors (Lipinski definition) is 2. The lowest BCUT2D eigenvalue weighted by Crippen LogP contribution is -2.38. The van der Waals surface area contributed by atoms with E-state index in [1.807, 2.05) is 30.3 Å². The van der Waals surface area contributed by atoms with Crippen LogP contribution in [0.15, 0.2) is 30.3 Å².